The van der Waals surface area contributed by atoms with E-state index in [1.54, 1.807) is 19.2 Å². The SMILES string of the molecule is COCC1C(OC(=O)c2ccccc2)C[C@H]2CC(=O)C[C@@H]12. The monoisotopic (exact) mass is 288 g/mol. The number of benzene rings is 1. The normalized spacial score (nSPS) is 31.2. The molecule has 0 N–H and O–H groups in total. The molecule has 0 amide bonds. The van der Waals surface area contributed by atoms with Gasteiger partial charge in [0.1, 0.15) is 11.9 Å². The Morgan fingerprint density at radius 3 is 2.71 bits per heavy atom. The molecule has 1 aromatic rings. The van der Waals surface area contributed by atoms with Gasteiger partial charge in [0.2, 0.25) is 0 Å². The van der Waals surface area contributed by atoms with E-state index in [1.807, 2.05) is 18.2 Å². The third-order valence-electron chi connectivity index (χ3n) is 4.75. The van der Waals surface area contributed by atoms with Crippen LogP contribution < -0.4 is 0 Å². The number of carbonyl (C=O) groups excluding carboxylic acids is 2. The lowest BCUT2D eigenvalue weighted by molar-refractivity contribution is -0.118. The first-order chi connectivity index (χ1) is 10.2. The highest BCUT2D eigenvalue weighted by atomic mass is 16.5. The summed E-state index contributed by atoms with van der Waals surface area (Å²) in [6.07, 6.45) is 1.88. The molecular weight excluding hydrogens is 268 g/mol. The van der Waals surface area contributed by atoms with Gasteiger partial charge in [-0.1, -0.05) is 18.2 Å². The molecule has 0 aliphatic heterocycles. The first-order valence-electron chi connectivity index (χ1n) is 7.45. The van der Waals surface area contributed by atoms with Gasteiger partial charge in [0.15, 0.2) is 0 Å². The summed E-state index contributed by atoms with van der Waals surface area (Å²) in [5, 5.41) is 0. The van der Waals surface area contributed by atoms with E-state index in [9.17, 15) is 9.59 Å². The summed E-state index contributed by atoms with van der Waals surface area (Å²) in [6, 6.07) is 9.03. The quantitative estimate of drug-likeness (QED) is 0.799. The van der Waals surface area contributed by atoms with E-state index in [1.165, 1.54) is 0 Å². The van der Waals surface area contributed by atoms with Crippen molar-refractivity contribution in [3.63, 3.8) is 0 Å². The third-order valence-corrected chi connectivity index (χ3v) is 4.75. The van der Waals surface area contributed by atoms with Crippen molar-refractivity contribution in [2.45, 2.75) is 25.4 Å². The van der Waals surface area contributed by atoms with Crippen molar-refractivity contribution in [1.29, 1.82) is 0 Å². The summed E-state index contributed by atoms with van der Waals surface area (Å²) >= 11 is 0. The van der Waals surface area contributed by atoms with Gasteiger partial charge in [-0.2, -0.15) is 0 Å². The standard InChI is InChI=1S/C17H20O4/c1-20-10-15-14-9-13(18)7-12(14)8-16(15)21-17(19)11-5-3-2-4-6-11/h2-6,12,14-16H,7-10H2,1H3/t12-,14-,15?,16?/m1/s1. The van der Waals surface area contributed by atoms with Crippen molar-refractivity contribution in [2.24, 2.45) is 17.8 Å². The van der Waals surface area contributed by atoms with Gasteiger partial charge < -0.3 is 9.47 Å². The van der Waals surface area contributed by atoms with Gasteiger partial charge in [0.25, 0.3) is 0 Å². The smallest absolute Gasteiger partial charge is 0.338 e. The average Bonchev–Trinajstić information content (AvgIpc) is 2.98. The second-order valence-electron chi connectivity index (χ2n) is 6.04. The molecule has 0 spiro atoms. The maximum absolute atomic E-state index is 12.2. The molecule has 3 rings (SSSR count). The molecule has 1 aromatic carbocycles. The van der Waals surface area contributed by atoms with Gasteiger partial charge in [-0.3, -0.25) is 4.79 Å². The van der Waals surface area contributed by atoms with E-state index in [-0.39, 0.29) is 18.0 Å². The minimum absolute atomic E-state index is 0.138. The summed E-state index contributed by atoms with van der Waals surface area (Å²) in [5.41, 5.74) is 0.571. The summed E-state index contributed by atoms with van der Waals surface area (Å²) in [5.74, 6) is 0.850. The predicted molar refractivity (Wildman–Crippen MR) is 76.8 cm³/mol. The number of ketones is 1. The zero-order valence-electron chi connectivity index (χ0n) is 12.2. The van der Waals surface area contributed by atoms with Crippen LogP contribution in [0, 0.1) is 17.8 Å². The van der Waals surface area contributed by atoms with Crippen molar-refractivity contribution >= 4 is 11.8 Å². The first-order valence-corrected chi connectivity index (χ1v) is 7.45. The molecule has 2 fully saturated rings. The lowest BCUT2D eigenvalue weighted by atomic mass is 9.92. The molecule has 4 heteroatoms. The number of hydrogen-bond acceptors (Lipinski definition) is 4. The highest BCUT2D eigenvalue weighted by molar-refractivity contribution is 5.89. The number of Topliss-reactive ketones (excluding diaryl/α,β-unsaturated/α-hetero) is 1. The molecule has 0 bridgehead atoms. The molecule has 0 saturated heterocycles. The second-order valence-corrected chi connectivity index (χ2v) is 6.04. The molecule has 0 heterocycles. The minimum Gasteiger partial charge on any atom is -0.458 e. The summed E-state index contributed by atoms with van der Waals surface area (Å²) in [4.78, 5) is 23.8. The van der Waals surface area contributed by atoms with Crippen LogP contribution >= 0.6 is 0 Å². The number of hydrogen-bond donors (Lipinski definition) is 0. The lowest BCUT2D eigenvalue weighted by Gasteiger charge is -2.23. The molecule has 0 radical (unpaired) electrons. The van der Waals surface area contributed by atoms with E-state index in [2.05, 4.69) is 0 Å². The lowest BCUT2D eigenvalue weighted by Crippen LogP contribution is -2.29. The van der Waals surface area contributed by atoms with Crippen LogP contribution in [0.3, 0.4) is 0 Å². The van der Waals surface area contributed by atoms with E-state index in [4.69, 9.17) is 9.47 Å². The van der Waals surface area contributed by atoms with Gasteiger partial charge in [-0.15, -0.1) is 0 Å². The van der Waals surface area contributed by atoms with Gasteiger partial charge in [0, 0.05) is 25.9 Å². The average molecular weight is 288 g/mol. The van der Waals surface area contributed by atoms with Crippen LogP contribution in [-0.4, -0.2) is 31.6 Å². The van der Waals surface area contributed by atoms with E-state index in [0.29, 0.717) is 42.6 Å². The van der Waals surface area contributed by atoms with E-state index < -0.39 is 0 Å². The number of carbonyl (C=O) groups is 2. The molecule has 2 saturated carbocycles. The van der Waals surface area contributed by atoms with Crippen molar-refractivity contribution in [2.75, 3.05) is 13.7 Å². The topological polar surface area (TPSA) is 52.6 Å². The number of methoxy groups -OCH3 is 1. The number of rotatable bonds is 4. The minimum atomic E-state index is -0.284. The fourth-order valence-electron chi connectivity index (χ4n) is 3.80. The van der Waals surface area contributed by atoms with Crippen LogP contribution in [0.4, 0.5) is 0 Å². The molecule has 2 aliphatic rings. The molecule has 112 valence electrons. The molecule has 21 heavy (non-hydrogen) atoms. The number of ether oxygens (including phenoxy) is 2. The zero-order valence-corrected chi connectivity index (χ0v) is 12.2. The summed E-state index contributed by atoms with van der Waals surface area (Å²) < 4.78 is 11.0. The van der Waals surface area contributed by atoms with Gasteiger partial charge in [-0.25, -0.2) is 4.79 Å². The summed E-state index contributed by atoms with van der Waals surface area (Å²) in [7, 11) is 1.65. The highest BCUT2D eigenvalue weighted by Gasteiger charge is 2.49. The Morgan fingerprint density at radius 1 is 1.24 bits per heavy atom. The molecule has 2 aliphatic carbocycles. The van der Waals surface area contributed by atoms with Crippen LogP contribution in [0.15, 0.2) is 30.3 Å². The Hall–Kier alpha value is -1.68. The zero-order chi connectivity index (χ0) is 14.8. The Balaban J connectivity index is 1.70. The Labute approximate surface area is 124 Å². The van der Waals surface area contributed by atoms with Gasteiger partial charge in [-0.05, 0) is 30.4 Å². The summed E-state index contributed by atoms with van der Waals surface area (Å²) in [6.45, 7) is 0.543. The van der Waals surface area contributed by atoms with Crippen molar-refractivity contribution in [3.8, 4) is 0 Å². The molecule has 0 aromatic heterocycles. The van der Waals surface area contributed by atoms with Crippen molar-refractivity contribution in [3.05, 3.63) is 35.9 Å². The van der Waals surface area contributed by atoms with Gasteiger partial charge in [0.05, 0.1) is 12.2 Å². The van der Waals surface area contributed by atoms with Crippen molar-refractivity contribution < 1.29 is 19.1 Å². The Kier molecular flexibility index (Phi) is 4.06. The fourth-order valence-corrected chi connectivity index (χ4v) is 3.80. The maximum atomic E-state index is 12.2. The van der Waals surface area contributed by atoms with Crippen molar-refractivity contribution in [1.82, 2.24) is 0 Å². The number of fused-ring (bicyclic) bond motifs is 1. The van der Waals surface area contributed by atoms with E-state index >= 15 is 0 Å². The van der Waals surface area contributed by atoms with Crippen LogP contribution in [-0.2, 0) is 14.3 Å². The molecule has 4 nitrogen and oxygen atoms in total. The van der Waals surface area contributed by atoms with Crippen LogP contribution in [0.5, 0.6) is 0 Å². The fraction of sp³-hybridized carbons (Fsp3) is 0.529. The third kappa shape index (κ3) is 2.86. The number of esters is 1. The Morgan fingerprint density at radius 2 is 2.00 bits per heavy atom. The van der Waals surface area contributed by atoms with Crippen LogP contribution in [0.1, 0.15) is 29.6 Å². The first kappa shape index (κ1) is 14.3. The second kappa shape index (κ2) is 5.98. The highest BCUT2D eigenvalue weighted by Crippen LogP contribution is 2.47. The predicted octanol–water partition coefficient (Wildman–Crippen LogP) is 2.47. The molecular formula is C17H20O4. The van der Waals surface area contributed by atoms with Crippen LogP contribution in [0.2, 0.25) is 0 Å². The largest absolute Gasteiger partial charge is 0.458 e. The van der Waals surface area contributed by atoms with Gasteiger partial charge >= 0.3 is 5.97 Å². The Bertz CT molecular complexity index is 525. The molecule has 4 atom stereocenters. The van der Waals surface area contributed by atoms with E-state index in [0.717, 1.165) is 6.42 Å². The van der Waals surface area contributed by atoms with Crippen LogP contribution in [0.25, 0.3) is 0 Å². The molecule has 2 unspecified atom stereocenters. The maximum Gasteiger partial charge on any atom is 0.338 e.